The molecule has 1 aliphatic heterocycles. The average Bonchev–Trinajstić information content (AvgIpc) is 3.26. The molecule has 2 N–H and O–H groups in total. The van der Waals surface area contributed by atoms with E-state index in [1.807, 2.05) is 6.92 Å². The van der Waals surface area contributed by atoms with E-state index in [-0.39, 0.29) is 23.8 Å². The van der Waals surface area contributed by atoms with Crippen molar-refractivity contribution in [2.45, 2.75) is 43.0 Å². The van der Waals surface area contributed by atoms with Gasteiger partial charge in [-0.2, -0.15) is 26.6 Å². The lowest BCUT2D eigenvalue weighted by molar-refractivity contribution is -0.145. The summed E-state index contributed by atoms with van der Waals surface area (Å²) in [4.78, 5) is 15.6. The Labute approximate surface area is 226 Å². The lowest BCUT2D eigenvalue weighted by Gasteiger charge is -2.37. The standard InChI is InChI=1S/C25H23ClF3N5O4S/c1-14-2-5-17(6-3-14)39(36,37)38-12-16(35)11-21-22-18(19-10-15(26)4-7-20(19)32-22)8-9-34(21)24-31-13-30-23(33-24)25(27,28)29/h2-7,10,13,16,21,32,35H,8-9,11-12H2,1H3/t16-,21-/m1/s1. The molecule has 2 aromatic heterocycles. The number of aryl methyl sites for hydroxylation is 1. The van der Waals surface area contributed by atoms with E-state index in [1.54, 1.807) is 30.3 Å². The lowest BCUT2D eigenvalue weighted by Crippen LogP contribution is -2.39. The first-order valence-corrected chi connectivity index (χ1v) is 13.7. The highest BCUT2D eigenvalue weighted by Gasteiger charge is 2.38. The van der Waals surface area contributed by atoms with Crippen molar-refractivity contribution >= 4 is 38.6 Å². The fraction of sp³-hybridized carbons (Fsp3) is 0.320. The maximum atomic E-state index is 13.3. The second-order valence-electron chi connectivity index (χ2n) is 9.21. The number of H-pyrrole nitrogens is 1. The minimum absolute atomic E-state index is 0.0563. The molecule has 0 aliphatic carbocycles. The van der Waals surface area contributed by atoms with Crippen molar-refractivity contribution in [3.63, 3.8) is 0 Å². The monoisotopic (exact) mass is 581 g/mol. The van der Waals surface area contributed by atoms with Gasteiger partial charge in [-0.1, -0.05) is 29.3 Å². The van der Waals surface area contributed by atoms with E-state index in [1.165, 1.54) is 17.0 Å². The number of hydrogen-bond acceptors (Lipinski definition) is 8. The Balaban J connectivity index is 1.45. The van der Waals surface area contributed by atoms with Gasteiger partial charge in [0.25, 0.3) is 10.1 Å². The Bertz CT molecular complexity index is 1610. The molecule has 39 heavy (non-hydrogen) atoms. The van der Waals surface area contributed by atoms with Crippen LogP contribution in [0.2, 0.25) is 5.02 Å². The molecule has 0 amide bonds. The molecule has 0 bridgehead atoms. The van der Waals surface area contributed by atoms with Crippen molar-refractivity contribution in [2.24, 2.45) is 0 Å². The van der Waals surface area contributed by atoms with Crippen LogP contribution in [0, 0.1) is 6.92 Å². The first-order chi connectivity index (χ1) is 18.4. The van der Waals surface area contributed by atoms with Crippen LogP contribution in [-0.2, 0) is 26.9 Å². The van der Waals surface area contributed by atoms with Crippen LogP contribution in [-0.4, -0.2) is 52.7 Å². The number of fused-ring (bicyclic) bond motifs is 3. The largest absolute Gasteiger partial charge is 0.451 e. The molecule has 0 spiro atoms. The smallest absolute Gasteiger partial charge is 0.391 e. The predicted octanol–water partition coefficient (Wildman–Crippen LogP) is 4.59. The minimum atomic E-state index is -4.77. The van der Waals surface area contributed by atoms with E-state index in [9.17, 15) is 26.7 Å². The van der Waals surface area contributed by atoms with E-state index in [2.05, 4.69) is 19.9 Å². The number of aromatic amines is 1. The first-order valence-electron chi connectivity index (χ1n) is 11.9. The molecule has 0 fully saturated rings. The fourth-order valence-corrected chi connectivity index (χ4v) is 5.77. The minimum Gasteiger partial charge on any atom is -0.391 e. The van der Waals surface area contributed by atoms with Gasteiger partial charge in [-0.05, 0) is 49.2 Å². The summed E-state index contributed by atoms with van der Waals surface area (Å²) in [5, 5.41) is 12.2. The second kappa shape index (κ2) is 10.4. The van der Waals surface area contributed by atoms with Crippen molar-refractivity contribution in [2.75, 3.05) is 18.1 Å². The van der Waals surface area contributed by atoms with E-state index in [0.717, 1.165) is 28.4 Å². The molecular weight excluding hydrogens is 559 g/mol. The number of aliphatic hydroxyl groups is 1. The number of halogens is 4. The number of alkyl halides is 3. The van der Waals surface area contributed by atoms with E-state index in [0.29, 0.717) is 17.1 Å². The normalized spacial score (nSPS) is 16.9. The number of aromatic nitrogens is 4. The number of aliphatic hydroxyl groups excluding tert-OH is 1. The summed E-state index contributed by atoms with van der Waals surface area (Å²) < 4.78 is 70.3. The third kappa shape index (κ3) is 5.71. The van der Waals surface area contributed by atoms with Crippen LogP contribution in [0.15, 0.2) is 53.7 Å². The number of nitrogens with one attached hydrogen (secondary N) is 1. The van der Waals surface area contributed by atoms with Gasteiger partial charge >= 0.3 is 6.18 Å². The summed E-state index contributed by atoms with van der Waals surface area (Å²) in [6.45, 7) is 1.48. The van der Waals surface area contributed by atoms with E-state index in [4.69, 9.17) is 15.8 Å². The van der Waals surface area contributed by atoms with Crippen molar-refractivity contribution in [3.8, 4) is 0 Å². The van der Waals surface area contributed by atoms with E-state index >= 15 is 0 Å². The van der Waals surface area contributed by atoms with Crippen LogP contribution in [0.25, 0.3) is 10.9 Å². The third-order valence-electron chi connectivity index (χ3n) is 6.50. The zero-order valence-corrected chi connectivity index (χ0v) is 22.1. The van der Waals surface area contributed by atoms with Crippen molar-refractivity contribution < 1.29 is 30.9 Å². The summed E-state index contributed by atoms with van der Waals surface area (Å²) in [5.74, 6) is -1.56. The molecule has 2 aromatic carbocycles. The Hall–Kier alpha value is -3.26. The van der Waals surface area contributed by atoms with Gasteiger partial charge in [-0.25, -0.2) is 9.97 Å². The number of nitrogens with zero attached hydrogens (tertiary/aromatic N) is 4. The van der Waals surface area contributed by atoms with Gasteiger partial charge in [0.05, 0.1) is 23.6 Å². The number of hydrogen-bond donors (Lipinski definition) is 2. The van der Waals surface area contributed by atoms with Gasteiger partial charge in [0.15, 0.2) is 0 Å². The summed E-state index contributed by atoms with van der Waals surface area (Å²) in [5.41, 5.74) is 3.15. The molecule has 206 valence electrons. The summed E-state index contributed by atoms with van der Waals surface area (Å²) >= 11 is 6.20. The quantitative estimate of drug-likeness (QED) is 0.304. The Morgan fingerprint density at radius 3 is 2.67 bits per heavy atom. The molecule has 3 heterocycles. The van der Waals surface area contributed by atoms with Crippen LogP contribution in [0.4, 0.5) is 19.1 Å². The predicted molar refractivity (Wildman–Crippen MR) is 137 cm³/mol. The highest BCUT2D eigenvalue weighted by atomic mass is 35.5. The van der Waals surface area contributed by atoms with Crippen LogP contribution in [0.5, 0.6) is 0 Å². The fourth-order valence-electron chi connectivity index (χ4n) is 4.65. The Morgan fingerprint density at radius 2 is 1.95 bits per heavy atom. The van der Waals surface area contributed by atoms with Gasteiger partial charge in [-0.3, -0.25) is 4.18 Å². The molecule has 0 unspecified atom stereocenters. The zero-order chi connectivity index (χ0) is 27.9. The summed E-state index contributed by atoms with van der Waals surface area (Å²) in [6, 6.07) is 10.6. The van der Waals surface area contributed by atoms with Crippen LogP contribution < -0.4 is 4.90 Å². The number of rotatable bonds is 7. The highest BCUT2D eigenvalue weighted by molar-refractivity contribution is 7.86. The molecule has 4 aromatic rings. The average molecular weight is 582 g/mol. The SMILES string of the molecule is Cc1ccc(S(=O)(=O)OC[C@H](O)C[C@@H]2c3[nH]c4ccc(Cl)cc4c3CCN2c2ncnc(C(F)(F)F)n2)cc1. The number of anilines is 1. The van der Waals surface area contributed by atoms with Gasteiger partial charge in [0, 0.05) is 34.6 Å². The third-order valence-corrected chi connectivity index (χ3v) is 8.03. The maximum Gasteiger partial charge on any atom is 0.451 e. The molecule has 0 radical (unpaired) electrons. The van der Waals surface area contributed by atoms with Crippen LogP contribution in [0.3, 0.4) is 0 Å². The van der Waals surface area contributed by atoms with Crippen molar-refractivity contribution in [1.29, 1.82) is 0 Å². The van der Waals surface area contributed by atoms with E-state index < -0.39 is 40.9 Å². The highest BCUT2D eigenvalue weighted by Crippen LogP contribution is 2.39. The van der Waals surface area contributed by atoms with Gasteiger partial charge in [-0.15, -0.1) is 0 Å². The maximum absolute atomic E-state index is 13.3. The van der Waals surface area contributed by atoms with Crippen molar-refractivity contribution in [3.05, 3.63) is 76.5 Å². The summed E-state index contributed by atoms with van der Waals surface area (Å²) in [7, 11) is -4.14. The lowest BCUT2D eigenvalue weighted by atomic mass is 9.94. The molecule has 0 saturated carbocycles. The van der Waals surface area contributed by atoms with Gasteiger partial charge in [0.2, 0.25) is 11.8 Å². The number of benzene rings is 2. The molecule has 1 aliphatic rings. The molecule has 14 heteroatoms. The summed E-state index contributed by atoms with van der Waals surface area (Å²) in [6.07, 6.45) is -4.94. The first kappa shape index (κ1) is 27.3. The van der Waals surface area contributed by atoms with Gasteiger partial charge < -0.3 is 15.0 Å². The zero-order valence-electron chi connectivity index (χ0n) is 20.5. The Kier molecular flexibility index (Phi) is 7.27. The second-order valence-corrected chi connectivity index (χ2v) is 11.3. The van der Waals surface area contributed by atoms with Gasteiger partial charge in [0.1, 0.15) is 6.33 Å². The van der Waals surface area contributed by atoms with Crippen LogP contribution in [0.1, 0.15) is 35.1 Å². The topological polar surface area (TPSA) is 121 Å². The molecule has 2 atom stereocenters. The molecule has 0 saturated heterocycles. The Morgan fingerprint density at radius 1 is 1.21 bits per heavy atom. The van der Waals surface area contributed by atoms with Crippen LogP contribution >= 0.6 is 11.6 Å². The molecule has 5 rings (SSSR count). The molecule has 9 nitrogen and oxygen atoms in total. The molecular formula is C25H23ClF3N5O4S. The van der Waals surface area contributed by atoms with Crippen molar-refractivity contribution in [1.82, 2.24) is 19.9 Å².